The average Bonchev–Trinajstić information content (AvgIpc) is 2.76. The summed E-state index contributed by atoms with van der Waals surface area (Å²) in [5.41, 5.74) is 14.1. The molecule has 0 spiro atoms. The fourth-order valence-corrected chi connectivity index (χ4v) is 3.84. The van der Waals surface area contributed by atoms with Crippen LogP contribution in [0.2, 0.25) is 0 Å². The van der Waals surface area contributed by atoms with Crippen molar-refractivity contribution in [2.45, 2.75) is 6.04 Å². The Morgan fingerprint density at radius 2 is 1.52 bits per heavy atom. The zero-order chi connectivity index (χ0) is 21.2. The minimum absolute atomic E-state index is 0.0804. The molecule has 2 atom stereocenters. The predicted octanol–water partition coefficient (Wildman–Crippen LogP) is -1.80. The molecule has 2 amide bonds. The van der Waals surface area contributed by atoms with Gasteiger partial charge in [0.15, 0.2) is 0 Å². The molecule has 0 saturated heterocycles. The van der Waals surface area contributed by atoms with Gasteiger partial charge < -0.3 is 5.73 Å². The molecule has 0 heterocycles. The van der Waals surface area contributed by atoms with Crippen LogP contribution in [0, 0.1) is 11.8 Å². The SMILES string of the molecule is NCC(=O)[AsH]c1ccc(C#Cc2ccc(C(=O)N[C@@H](CN)C(=O)NO)cc2)cc1. The fraction of sp³-hybridized carbons (Fsp3) is 0.150. The summed E-state index contributed by atoms with van der Waals surface area (Å²) in [5, 5.41) is 11.1. The molecule has 0 saturated carbocycles. The van der Waals surface area contributed by atoms with Crippen LogP contribution < -0.4 is 26.6 Å². The Morgan fingerprint density at radius 1 is 0.966 bits per heavy atom. The van der Waals surface area contributed by atoms with Crippen LogP contribution in [0.5, 0.6) is 0 Å². The number of nitrogens with one attached hydrogen (secondary N) is 2. The number of carbonyl (C=O) groups excluding carboxylic acids is 3. The molecule has 0 bridgehead atoms. The summed E-state index contributed by atoms with van der Waals surface area (Å²) in [4.78, 5) is 35.0. The van der Waals surface area contributed by atoms with Crippen LogP contribution in [0.3, 0.4) is 0 Å². The Labute approximate surface area is 174 Å². The molecule has 7 N–H and O–H groups in total. The number of hydrogen-bond acceptors (Lipinski definition) is 6. The Bertz CT molecular complexity index is 934. The maximum absolute atomic E-state index is 12.2. The monoisotopic (exact) mass is 456 g/mol. The average molecular weight is 456 g/mol. The van der Waals surface area contributed by atoms with Crippen molar-refractivity contribution in [3.63, 3.8) is 0 Å². The van der Waals surface area contributed by atoms with Gasteiger partial charge in [-0.25, -0.2) is 5.48 Å². The molecule has 0 aliphatic rings. The van der Waals surface area contributed by atoms with E-state index in [0.29, 0.717) is 11.1 Å². The van der Waals surface area contributed by atoms with Gasteiger partial charge in [-0.1, -0.05) is 0 Å². The van der Waals surface area contributed by atoms with Crippen LogP contribution >= 0.6 is 0 Å². The van der Waals surface area contributed by atoms with E-state index in [-0.39, 0.29) is 17.7 Å². The Hall–Kier alpha value is -2.95. The van der Waals surface area contributed by atoms with Gasteiger partial charge in [0.05, 0.1) is 0 Å². The van der Waals surface area contributed by atoms with Crippen LogP contribution in [0.15, 0.2) is 48.5 Å². The van der Waals surface area contributed by atoms with E-state index in [4.69, 9.17) is 16.7 Å². The number of benzene rings is 2. The third-order valence-corrected chi connectivity index (χ3v) is 6.14. The first-order valence-corrected chi connectivity index (χ1v) is 10.7. The van der Waals surface area contributed by atoms with Crippen LogP contribution in [0.25, 0.3) is 0 Å². The molecule has 150 valence electrons. The van der Waals surface area contributed by atoms with E-state index in [1.54, 1.807) is 24.3 Å². The second-order valence-electron chi connectivity index (χ2n) is 5.89. The third kappa shape index (κ3) is 6.86. The third-order valence-electron chi connectivity index (χ3n) is 3.82. The quantitative estimate of drug-likeness (QED) is 0.144. The molecule has 0 aliphatic carbocycles. The predicted molar refractivity (Wildman–Crippen MR) is 110 cm³/mol. The molecule has 2 aromatic rings. The van der Waals surface area contributed by atoms with E-state index in [2.05, 4.69) is 17.2 Å². The molecule has 2 rings (SSSR count). The molecular formula is C20H21AsN4O4. The van der Waals surface area contributed by atoms with Crippen molar-refractivity contribution in [3.8, 4) is 11.8 Å². The van der Waals surface area contributed by atoms with Crippen molar-refractivity contribution in [1.29, 1.82) is 0 Å². The second-order valence-corrected chi connectivity index (χ2v) is 8.80. The number of amides is 2. The van der Waals surface area contributed by atoms with Gasteiger partial charge in [-0.3, -0.25) is 10.0 Å². The minimum atomic E-state index is -1.03. The molecule has 9 heteroatoms. The van der Waals surface area contributed by atoms with Crippen molar-refractivity contribution in [2.75, 3.05) is 13.1 Å². The first kappa shape index (κ1) is 22.3. The van der Waals surface area contributed by atoms with Crippen molar-refractivity contribution >= 4 is 36.5 Å². The van der Waals surface area contributed by atoms with Crippen molar-refractivity contribution in [1.82, 2.24) is 10.8 Å². The first-order valence-electron chi connectivity index (χ1n) is 8.63. The van der Waals surface area contributed by atoms with E-state index in [1.165, 1.54) is 5.48 Å². The van der Waals surface area contributed by atoms with Crippen molar-refractivity contribution in [3.05, 3.63) is 65.2 Å². The Kier molecular flexibility index (Phi) is 8.59. The van der Waals surface area contributed by atoms with Gasteiger partial charge in [0.25, 0.3) is 5.91 Å². The molecular weight excluding hydrogens is 435 g/mol. The summed E-state index contributed by atoms with van der Waals surface area (Å²) in [6.45, 7) is -0.0693. The van der Waals surface area contributed by atoms with Crippen LogP contribution in [-0.2, 0) is 9.59 Å². The van der Waals surface area contributed by atoms with Gasteiger partial charge in [0.2, 0.25) is 0 Å². The second kappa shape index (κ2) is 11.1. The molecule has 0 aromatic heterocycles. The molecule has 0 radical (unpaired) electrons. The summed E-state index contributed by atoms with van der Waals surface area (Å²) < 4.78 is 1.11. The zero-order valence-electron chi connectivity index (χ0n) is 15.4. The van der Waals surface area contributed by atoms with Crippen LogP contribution in [0.1, 0.15) is 21.5 Å². The van der Waals surface area contributed by atoms with E-state index in [0.717, 1.165) is 9.91 Å². The molecule has 0 aliphatic heterocycles. The number of carbonyl (C=O) groups is 3. The van der Waals surface area contributed by atoms with Gasteiger partial charge in [-0.05, 0) is 0 Å². The van der Waals surface area contributed by atoms with E-state index >= 15 is 0 Å². The van der Waals surface area contributed by atoms with Gasteiger partial charge >= 0.3 is 135 Å². The number of hydrogen-bond donors (Lipinski definition) is 5. The fourth-order valence-electron chi connectivity index (χ4n) is 2.25. The van der Waals surface area contributed by atoms with E-state index < -0.39 is 33.6 Å². The molecule has 1 unspecified atom stereocenters. The molecule has 8 nitrogen and oxygen atoms in total. The summed E-state index contributed by atoms with van der Waals surface area (Å²) in [7, 11) is 0. The van der Waals surface area contributed by atoms with Crippen LogP contribution in [-0.4, -0.2) is 56.5 Å². The normalized spacial score (nSPS) is 11.4. The van der Waals surface area contributed by atoms with E-state index in [1.807, 2.05) is 24.3 Å². The Balaban J connectivity index is 2.01. The van der Waals surface area contributed by atoms with Gasteiger partial charge in [-0.15, -0.1) is 0 Å². The molecule has 29 heavy (non-hydrogen) atoms. The van der Waals surface area contributed by atoms with Crippen molar-refractivity contribution < 1.29 is 19.6 Å². The standard InChI is InChI=1S/C20H21AsN4O4/c22-11-17(20(28)25-29)24-19(27)15-7-3-13(4-8-15)1-2-14-5-9-16(10-6-14)21-18(26)12-23/h3-10,17,21,29H,11-12,22-23H2,(H,24,27)(H,25,28)/t17-/m0/s1. The summed E-state index contributed by atoms with van der Waals surface area (Å²) in [6, 6.07) is 13.0. The summed E-state index contributed by atoms with van der Waals surface area (Å²) >= 11 is -0.864. The first-order chi connectivity index (χ1) is 14.0. The molecule has 2 aromatic carbocycles. The number of rotatable bonds is 7. The summed E-state index contributed by atoms with van der Waals surface area (Å²) in [6.07, 6.45) is 0. The van der Waals surface area contributed by atoms with E-state index in [9.17, 15) is 14.4 Å². The maximum atomic E-state index is 12.2. The van der Waals surface area contributed by atoms with Crippen LogP contribution in [0.4, 0.5) is 0 Å². The number of hydroxylamine groups is 1. The van der Waals surface area contributed by atoms with Crippen molar-refractivity contribution in [2.24, 2.45) is 11.5 Å². The Morgan fingerprint density at radius 3 is 2.00 bits per heavy atom. The number of nitrogens with two attached hydrogens (primary N) is 2. The summed E-state index contributed by atoms with van der Waals surface area (Å²) in [5.74, 6) is 4.75. The van der Waals surface area contributed by atoms with Gasteiger partial charge in [0.1, 0.15) is 6.04 Å². The topological polar surface area (TPSA) is 148 Å². The zero-order valence-corrected chi connectivity index (χ0v) is 17.5. The van der Waals surface area contributed by atoms with Gasteiger partial charge in [-0.2, -0.15) is 0 Å². The van der Waals surface area contributed by atoms with Gasteiger partial charge in [0, 0.05) is 6.54 Å². The molecule has 0 fully saturated rings.